The Balaban J connectivity index is 2.01. The Morgan fingerprint density at radius 2 is 2.19 bits per heavy atom. The number of hydrogen-bond acceptors (Lipinski definition) is 4. The quantitative estimate of drug-likeness (QED) is 0.834. The molecule has 0 saturated carbocycles. The predicted octanol–water partition coefficient (Wildman–Crippen LogP) is 0.622. The van der Waals surface area contributed by atoms with Gasteiger partial charge in [-0.1, -0.05) is 0 Å². The standard InChI is InChI=1S/C13H18F2N2O3S/c1-16-21(19,20)10-4-5-17(7-10)8-13(18)11-6-9(14)2-3-12(11)15/h2-3,6,10,13,16,18H,4-5,7-8H2,1H3. The maximum absolute atomic E-state index is 13.6. The molecule has 21 heavy (non-hydrogen) atoms. The number of nitrogens with zero attached hydrogens (tertiary/aromatic N) is 1. The second-order valence-corrected chi connectivity index (χ2v) is 7.27. The van der Waals surface area contributed by atoms with Crippen molar-refractivity contribution < 1.29 is 22.3 Å². The third-order valence-corrected chi connectivity index (χ3v) is 5.53. The number of benzene rings is 1. The van der Waals surface area contributed by atoms with E-state index in [0.29, 0.717) is 13.0 Å². The van der Waals surface area contributed by atoms with Gasteiger partial charge < -0.3 is 5.11 Å². The van der Waals surface area contributed by atoms with E-state index < -0.39 is 33.0 Å². The highest BCUT2D eigenvalue weighted by Crippen LogP contribution is 2.23. The van der Waals surface area contributed by atoms with E-state index in [4.69, 9.17) is 0 Å². The van der Waals surface area contributed by atoms with Gasteiger partial charge in [0.25, 0.3) is 0 Å². The molecular formula is C13H18F2N2O3S. The highest BCUT2D eigenvalue weighted by molar-refractivity contribution is 7.90. The van der Waals surface area contributed by atoms with Crippen molar-refractivity contribution >= 4 is 10.0 Å². The smallest absolute Gasteiger partial charge is 0.215 e. The molecule has 1 aromatic carbocycles. The van der Waals surface area contributed by atoms with Crippen LogP contribution in [0, 0.1) is 11.6 Å². The number of aliphatic hydroxyl groups is 1. The molecule has 2 unspecified atom stereocenters. The van der Waals surface area contributed by atoms with E-state index in [9.17, 15) is 22.3 Å². The van der Waals surface area contributed by atoms with Crippen LogP contribution in [-0.4, -0.2) is 50.4 Å². The molecule has 0 aliphatic carbocycles. The van der Waals surface area contributed by atoms with Crippen LogP contribution in [0.15, 0.2) is 18.2 Å². The van der Waals surface area contributed by atoms with Crippen molar-refractivity contribution in [3.8, 4) is 0 Å². The molecule has 8 heteroatoms. The molecule has 1 aliphatic heterocycles. The van der Waals surface area contributed by atoms with Crippen molar-refractivity contribution in [3.63, 3.8) is 0 Å². The molecule has 118 valence electrons. The van der Waals surface area contributed by atoms with E-state index in [0.717, 1.165) is 18.2 Å². The van der Waals surface area contributed by atoms with Gasteiger partial charge in [0.05, 0.1) is 11.4 Å². The van der Waals surface area contributed by atoms with Gasteiger partial charge in [0.2, 0.25) is 10.0 Å². The zero-order valence-corrected chi connectivity index (χ0v) is 12.4. The molecule has 1 fully saturated rings. The van der Waals surface area contributed by atoms with E-state index in [2.05, 4.69) is 4.72 Å². The van der Waals surface area contributed by atoms with Crippen LogP contribution in [0.4, 0.5) is 8.78 Å². The molecule has 0 amide bonds. The first-order chi connectivity index (χ1) is 9.83. The zero-order chi connectivity index (χ0) is 15.6. The summed E-state index contributed by atoms with van der Waals surface area (Å²) in [6.45, 7) is 0.812. The number of nitrogens with one attached hydrogen (secondary N) is 1. The second kappa shape index (κ2) is 6.35. The molecule has 0 spiro atoms. The summed E-state index contributed by atoms with van der Waals surface area (Å²) < 4.78 is 52.3. The lowest BCUT2D eigenvalue weighted by Gasteiger charge is -2.20. The SMILES string of the molecule is CNS(=O)(=O)C1CCN(CC(O)c2cc(F)ccc2F)C1. The van der Waals surface area contributed by atoms with Gasteiger partial charge in [-0.05, 0) is 38.2 Å². The zero-order valence-electron chi connectivity index (χ0n) is 11.6. The summed E-state index contributed by atoms with van der Waals surface area (Å²) in [5, 5.41) is 9.47. The van der Waals surface area contributed by atoms with Gasteiger partial charge >= 0.3 is 0 Å². The van der Waals surface area contributed by atoms with Crippen molar-refractivity contribution in [1.29, 1.82) is 0 Å². The van der Waals surface area contributed by atoms with Gasteiger partial charge in [0, 0.05) is 18.7 Å². The molecule has 1 aliphatic rings. The van der Waals surface area contributed by atoms with Crippen molar-refractivity contribution in [2.24, 2.45) is 0 Å². The number of rotatable bonds is 5. The fourth-order valence-electron chi connectivity index (χ4n) is 2.50. The Bertz CT molecular complexity index is 609. The molecule has 1 saturated heterocycles. The van der Waals surface area contributed by atoms with E-state index in [1.54, 1.807) is 4.90 Å². The highest BCUT2D eigenvalue weighted by Gasteiger charge is 2.33. The maximum Gasteiger partial charge on any atom is 0.215 e. The van der Waals surface area contributed by atoms with Crippen LogP contribution in [0.3, 0.4) is 0 Å². The molecule has 2 atom stereocenters. The van der Waals surface area contributed by atoms with Gasteiger partial charge in [-0.3, -0.25) is 4.90 Å². The second-order valence-electron chi connectivity index (χ2n) is 5.10. The van der Waals surface area contributed by atoms with E-state index in [-0.39, 0.29) is 18.7 Å². The summed E-state index contributed by atoms with van der Waals surface area (Å²) in [5.74, 6) is -1.30. The molecule has 5 nitrogen and oxygen atoms in total. The van der Waals surface area contributed by atoms with Crippen LogP contribution >= 0.6 is 0 Å². The fourth-order valence-corrected chi connectivity index (χ4v) is 3.65. The Hall–Kier alpha value is -1.09. The lowest BCUT2D eigenvalue weighted by Crippen LogP contribution is -2.35. The number of sulfonamides is 1. The number of halogens is 2. The van der Waals surface area contributed by atoms with Gasteiger partial charge in [0.15, 0.2) is 0 Å². The summed E-state index contributed by atoms with van der Waals surface area (Å²) >= 11 is 0. The summed E-state index contributed by atoms with van der Waals surface area (Å²) in [4.78, 5) is 1.73. The molecule has 0 radical (unpaired) electrons. The highest BCUT2D eigenvalue weighted by atomic mass is 32.2. The van der Waals surface area contributed by atoms with Crippen LogP contribution in [0.25, 0.3) is 0 Å². The molecule has 1 heterocycles. The monoisotopic (exact) mass is 320 g/mol. The van der Waals surface area contributed by atoms with Gasteiger partial charge in [-0.15, -0.1) is 0 Å². The van der Waals surface area contributed by atoms with Crippen LogP contribution in [0.2, 0.25) is 0 Å². The van der Waals surface area contributed by atoms with E-state index in [1.165, 1.54) is 7.05 Å². The first kappa shape index (κ1) is 16.3. The number of likely N-dealkylation sites (tertiary alicyclic amines) is 1. The largest absolute Gasteiger partial charge is 0.387 e. The Kier molecular flexibility index (Phi) is 4.92. The minimum atomic E-state index is -3.35. The molecule has 0 bridgehead atoms. The van der Waals surface area contributed by atoms with Crippen LogP contribution in [0.1, 0.15) is 18.1 Å². The normalized spacial score (nSPS) is 21.6. The predicted molar refractivity (Wildman–Crippen MR) is 74.1 cm³/mol. The van der Waals surface area contributed by atoms with Crippen LogP contribution < -0.4 is 4.72 Å². The first-order valence-corrected chi connectivity index (χ1v) is 8.16. The number of aliphatic hydroxyl groups excluding tert-OH is 1. The minimum Gasteiger partial charge on any atom is -0.387 e. The van der Waals surface area contributed by atoms with E-state index in [1.807, 2.05) is 0 Å². The maximum atomic E-state index is 13.6. The third-order valence-electron chi connectivity index (χ3n) is 3.70. The number of hydrogen-bond donors (Lipinski definition) is 2. The molecule has 1 aromatic rings. The van der Waals surface area contributed by atoms with Crippen molar-refractivity contribution in [3.05, 3.63) is 35.4 Å². The van der Waals surface area contributed by atoms with Crippen molar-refractivity contribution in [1.82, 2.24) is 9.62 Å². The van der Waals surface area contributed by atoms with Gasteiger partial charge in [-0.25, -0.2) is 21.9 Å². The lowest BCUT2D eigenvalue weighted by atomic mass is 10.1. The average molecular weight is 320 g/mol. The van der Waals surface area contributed by atoms with Crippen LogP contribution in [0.5, 0.6) is 0 Å². The molecule has 2 rings (SSSR count). The summed E-state index contributed by atoms with van der Waals surface area (Å²) in [6.07, 6.45) is -0.752. The molecule has 0 aromatic heterocycles. The average Bonchev–Trinajstić information content (AvgIpc) is 2.90. The Morgan fingerprint density at radius 1 is 1.48 bits per heavy atom. The van der Waals surface area contributed by atoms with Gasteiger partial charge in [0.1, 0.15) is 11.6 Å². The van der Waals surface area contributed by atoms with E-state index >= 15 is 0 Å². The first-order valence-electron chi connectivity index (χ1n) is 6.61. The van der Waals surface area contributed by atoms with Crippen LogP contribution in [-0.2, 0) is 10.0 Å². The van der Waals surface area contributed by atoms with Crippen molar-refractivity contribution in [2.45, 2.75) is 17.8 Å². The molecular weight excluding hydrogens is 302 g/mol. The van der Waals surface area contributed by atoms with Crippen molar-refractivity contribution in [2.75, 3.05) is 26.7 Å². The minimum absolute atomic E-state index is 0.0656. The summed E-state index contributed by atoms with van der Waals surface area (Å²) in [7, 11) is -2.00. The van der Waals surface area contributed by atoms with Gasteiger partial charge in [-0.2, -0.15) is 0 Å². The lowest BCUT2D eigenvalue weighted by molar-refractivity contribution is 0.122. The topological polar surface area (TPSA) is 69.6 Å². The third kappa shape index (κ3) is 3.76. The Morgan fingerprint density at radius 3 is 2.86 bits per heavy atom. The summed E-state index contributed by atoms with van der Waals surface area (Å²) in [5.41, 5.74) is -0.116. The summed E-state index contributed by atoms with van der Waals surface area (Å²) in [6, 6.07) is 2.90. The Labute approximate surface area is 122 Å². The molecule has 2 N–H and O–H groups in total. The fraction of sp³-hybridized carbons (Fsp3) is 0.538. The number of β-amino-alcohol motifs (C(OH)–C–C–N with tert-alkyl or cyclic N) is 1.